The summed E-state index contributed by atoms with van der Waals surface area (Å²) in [5.41, 5.74) is 4.47. The van der Waals surface area contributed by atoms with Crippen molar-refractivity contribution >= 4 is 16.8 Å². The van der Waals surface area contributed by atoms with Crippen molar-refractivity contribution in [1.29, 1.82) is 0 Å². The number of nitrogens with zero attached hydrogens (tertiary/aromatic N) is 1. The van der Waals surface area contributed by atoms with Crippen molar-refractivity contribution in [2.24, 2.45) is 0 Å². The first-order chi connectivity index (χ1) is 15.2. The molecule has 1 saturated heterocycles. The summed E-state index contributed by atoms with van der Waals surface area (Å²) in [6.07, 6.45) is 1.99. The van der Waals surface area contributed by atoms with Crippen molar-refractivity contribution in [2.45, 2.75) is 13.5 Å². The minimum atomic E-state index is 0.934. The normalized spacial score (nSPS) is 14.8. The summed E-state index contributed by atoms with van der Waals surface area (Å²) in [6, 6.07) is 21.0. The van der Waals surface area contributed by atoms with E-state index in [1.807, 2.05) is 25.3 Å². The molecule has 0 atom stereocenters. The summed E-state index contributed by atoms with van der Waals surface area (Å²) < 4.78 is 12.0. The molecule has 0 bridgehead atoms. The average molecular weight is 416 g/mol. The molecule has 1 aliphatic heterocycles. The number of ether oxygens (including phenoxy) is 1. The number of H-pyrrole nitrogens is 1. The van der Waals surface area contributed by atoms with Gasteiger partial charge in [-0.3, -0.25) is 4.90 Å². The van der Waals surface area contributed by atoms with Crippen molar-refractivity contribution in [1.82, 2.24) is 0 Å². The highest BCUT2D eigenvalue weighted by Gasteiger charge is 2.27. The molecule has 0 saturated carbocycles. The van der Waals surface area contributed by atoms with E-state index < -0.39 is 0 Å². The van der Waals surface area contributed by atoms with Gasteiger partial charge in [-0.15, -0.1) is 0 Å². The molecule has 0 spiro atoms. The van der Waals surface area contributed by atoms with Crippen LogP contribution in [0.15, 0.2) is 71.3 Å². The van der Waals surface area contributed by atoms with Crippen LogP contribution in [-0.2, 0) is 6.54 Å². The van der Waals surface area contributed by atoms with Crippen molar-refractivity contribution in [3.8, 4) is 16.9 Å². The van der Waals surface area contributed by atoms with Gasteiger partial charge in [-0.2, -0.15) is 0 Å². The molecule has 0 amide bonds. The quantitative estimate of drug-likeness (QED) is 0.545. The van der Waals surface area contributed by atoms with Crippen LogP contribution in [0, 0.1) is 6.92 Å². The molecule has 2 aromatic carbocycles. The van der Waals surface area contributed by atoms with Gasteiger partial charge in [-0.25, -0.2) is 4.98 Å². The molecule has 4 aromatic rings. The summed E-state index contributed by atoms with van der Waals surface area (Å²) in [7, 11) is 1.76. The summed E-state index contributed by atoms with van der Waals surface area (Å²) in [5.74, 6) is 3.08. The predicted octanol–water partition coefficient (Wildman–Crippen LogP) is 3.14. The fourth-order valence-corrected chi connectivity index (χ4v) is 4.67. The van der Waals surface area contributed by atoms with E-state index in [1.165, 1.54) is 16.9 Å². The highest BCUT2D eigenvalue weighted by Crippen LogP contribution is 2.37. The monoisotopic (exact) mass is 415 g/mol. The zero-order valence-corrected chi connectivity index (χ0v) is 18.2. The van der Waals surface area contributed by atoms with Crippen LogP contribution in [0.25, 0.3) is 22.1 Å². The van der Waals surface area contributed by atoms with E-state index in [4.69, 9.17) is 9.15 Å². The number of hydrogen-bond donors (Lipinski definition) is 1. The Morgan fingerprint density at radius 1 is 1.03 bits per heavy atom. The summed E-state index contributed by atoms with van der Waals surface area (Å²) in [4.78, 5) is 7.34. The van der Waals surface area contributed by atoms with Crippen LogP contribution in [0.2, 0.25) is 0 Å². The lowest BCUT2D eigenvalue weighted by Gasteiger charge is -2.28. The molecule has 5 rings (SSSR count). The van der Waals surface area contributed by atoms with Crippen LogP contribution in [-0.4, -0.2) is 33.3 Å². The van der Waals surface area contributed by atoms with E-state index in [0.29, 0.717) is 0 Å². The minimum Gasteiger partial charge on any atom is -0.496 e. The Kier molecular flexibility index (Phi) is 5.35. The summed E-state index contributed by atoms with van der Waals surface area (Å²) >= 11 is 0. The second-order valence-electron chi connectivity index (χ2n) is 8.22. The zero-order valence-electron chi connectivity index (χ0n) is 18.2. The highest BCUT2D eigenvalue weighted by atomic mass is 16.5. The predicted molar refractivity (Wildman–Crippen MR) is 123 cm³/mol. The lowest BCUT2D eigenvalue weighted by atomic mass is 10.0. The van der Waals surface area contributed by atoms with E-state index in [1.54, 1.807) is 12.0 Å². The highest BCUT2D eigenvalue weighted by molar-refractivity contribution is 5.97. The van der Waals surface area contributed by atoms with Crippen LogP contribution < -0.4 is 19.5 Å². The SMILES string of the molecule is COc1cc2c(-c3ccccc3)c(C)oc2cc1C[NH+]1CCN(c2cccc[nH+]2)CC1. The molecular formula is C26H29N3O2+2. The number of nitrogens with one attached hydrogen (secondary N) is 2. The molecule has 1 fully saturated rings. The summed E-state index contributed by atoms with van der Waals surface area (Å²) in [6.45, 7) is 7.25. The molecule has 5 nitrogen and oxygen atoms in total. The fraction of sp³-hybridized carbons (Fsp3) is 0.269. The molecule has 0 unspecified atom stereocenters. The molecule has 0 radical (unpaired) electrons. The van der Waals surface area contributed by atoms with Gasteiger partial charge >= 0.3 is 0 Å². The van der Waals surface area contributed by atoms with Gasteiger partial charge in [0.1, 0.15) is 49.8 Å². The number of quaternary nitrogens is 1. The second kappa shape index (κ2) is 8.44. The second-order valence-corrected chi connectivity index (χ2v) is 8.22. The van der Waals surface area contributed by atoms with Crippen LogP contribution in [0.1, 0.15) is 11.3 Å². The number of rotatable bonds is 5. The van der Waals surface area contributed by atoms with Crippen molar-refractivity contribution in [3.05, 3.63) is 78.2 Å². The number of anilines is 1. The number of hydrogen-bond acceptors (Lipinski definition) is 3. The molecule has 0 aliphatic carbocycles. The maximum atomic E-state index is 6.18. The smallest absolute Gasteiger partial charge is 0.274 e. The Morgan fingerprint density at radius 3 is 2.52 bits per heavy atom. The molecule has 31 heavy (non-hydrogen) atoms. The van der Waals surface area contributed by atoms with E-state index >= 15 is 0 Å². The van der Waals surface area contributed by atoms with E-state index in [0.717, 1.165) is 60.8 Å². The van der Waals surface area contributed by atoms with Gasteiger partial charge in [-0.1, -0.05) is 36.4 Å². The first-order valence-corrected chi connectivity index (χ1v) is 10.9. The van der Waals surface area contributed by atoms with E-state index in [9.17, 15) is 0 Å². The third kappa shape index (κ3) is 3.89. The van der Waals surface area contributed by atoms with Gasteiger partial charge in [0, 0.05) is 17.0 Å². The number of pyridine rings is 1. The first-order valence-electron chi connectivity index (χ1n) is 10.9. The van der Waals surface area contributed by atoms with Crippen LogP contribution in [0.3, 0.4) is 0 Å². The lowest BCUT2D eigenvalue weighted by Crippen LogP contribution is -3.13. The van der Waals surface area contributed by atoms with Gasteiger partial charge in [-0.05, 0) is 30.7 Å². The van der Waals surface area contributed by atoms with E-state index in [2.05, 4.69) is 58.4 Å². The molecule has 1 aliphatic rings. The molecule has 5 heteroatoms. The van der Waals surface area contributed by atoms with Gasteiger partial charge in [0.2, 0.25) is 0 Å². The Hall–Kier alpha value is -3.31. The van der Waals surface area contributed by atoms with Crippen LogP contribution >= 0.6 is 0 Å². The van der Waals surface area contributed by atoms with Gasteiger partial charge in [0.15, 0.2) is 0 Å². The summed E-state index contributed by atoms with van der Waals surface area (Å²) in [5, 5.41) is 1.11. The molecular weight excluding hydrogens is 386 g/mol. The Bertz CT molecular complexity index is 1160. The third-order valence-electron chi connectivity index (χ3n) is 6.27. The van der Waals surface area contributed by atoms with Gasteiger partial charge in [0.05, 0.1) is 18.9 Å². The molecule has 158 valence electrons. The number of fused-ring (bicyclic) bond motifs is 1. The fourth-order valence-electron chi connectivity index (χ4n) is 4.67. The average Bonchev–Trinajstić information content (AvgIpc) is 3.14. The maximum Gasteiger partial charge on any atom is 0.274 e. The molecule has 3 heterocycles. The standard InChI is InChI=1S/C26H27N3O2/c1-19-26(20-8-4-3-5-9-20)22-17-23(30-2)21(16-24(22)31-19)18-28-12-14-29(15-13-28)25-10-6-7-11-27-25/h3-11,16-17H,12-15,18H2,1-2H3/p+2. The Balaban J connectivity index is 1.38. The zero-order chi connectivity index (χ0) is 21.2. The van der Waals surface area contributed by atoms with Gasteiger partial charge < -0.3 is 14.1 Å². The molecule has 2 N–H and O–H groups in total. The third-order valence-corrected chi connectivity index (χ3v) is 6.27. The van der Waals surface area contributed by atoms with E-state index in [-0.39, 0.29) is 0 Å². The lowest BCUT2D eigenvalue weighted by molar-refractivity contribution is -0.914. The Morgan fingerprint density at radius 2 is 1.81 bits per heavy atom. The van der Waals surface area contributed by atoms with Gasteiger partial charge in [0.25, 0.3) is 5.82 Å². The first kappa shape index (κ1) is 19.6. The number of methoxy groups -OCH3 is 1. The number of aryl methyl sites for hydroxylation is 1. The van der Waals surface area contributed by atoms with Crippen molar-refractivity contribution < 1.29 is 19.0 Å². The number of aromatic amines is 1. The number of benzene rings is 2. The number of aromatic nitrogens is 1. The number of piperazine rings is 1. The maximum absolute atomic E-state index is 6.18. The van der Waals surface area contributed by atoms with Crippen molar-refractivity contribution in [3.63, 3.8) is 0 Å². The largest absolute Gasteiger partial charge is 0.496 e. The topological polar surface area (TPSA) is 44.2 Å². The van der Waals surface area contributed by atoms with Crippen molar-refractivity contribution in [2.75, 3.05) is 38.2 Å². The number of furan rings is 1. The van der Waals surface area contributed by atoms with Crippen LogP contribution in [0.4, 0.5) is 5.82 Å². The minimum absolute atomic E-state index is 0.934. The van der Waals surface area contributed by atoms with Crippen LogP contribution in [0.5, 0.6) is 5.75 Å². The molecule has 2 aromatic heterocycles. The Labute approximate surface area is 182 Å².